The lowest BCUT2D eigenvalue weighted by molar-refractivity contribution is -0.144. The first kappa shape index (κ1) is 13.1. The van der Waals surface area contributed by atoms with Crippen LogP contribution >= 0.6 is 0 Å². The minimum absolute atomic E-state index is 0.460. The van der Waals surface area contributed by atoms with Gasteiger partial charge in [-0.3, -0.25) is 0 Å². The van der Waals surface area contributed by atoms with Crippen LogP contribution in [0, 0.1) is 17.5 Å². The largest absolute Gasteiger partial charge is 0.485 e. The summed E-state index contributed by atoms with van der Waals surface area (Å²) in [7, 11) is 0. The molecule has 0 aliphatic rings. The van der Waals surface area contributed by atoms with Crippen molar-refractivity contribution in [3.63, 3.8) is 0 Å². The van der Waals surface area contributed by atoms with Crippen LogP contribution in [-0.4, -0.2) is 12.3 Å². The molecule has 94 valence electrons. The smallest absolute Gasteiger partial charge is 0.305 e. The fraction of sp³-hybridized carbons (Fsp3) is 0.125. The third kappa shape index (κ3) is 3.54. The van der Waals surface area contributed by atoms with Gasteiger partial charge in [-0.05, 0) is 12.1 Å². The van der Waals surface area contributed by atoms with Gasteiger partial charge >= 0.3 is 12.3 Å². The average molecular weight is 258 g/mol. The first-order chi connectivity index (χ1) is 7.70. The van der Waals surface area contributed by atoms with E-state index in [1.165, 1.54) is 5.32 Å². The molecule has 3 nitrogen and oxygen atoms in total. The van der Waals surface area contributed by atoms with E-state index in [0.717, 1.165) is 0 Å². The molecule has 0 radical (unpaired) electrons. The zero-order chi connectivity index (χ0) is 13.2. The van der Waals surface area contributed by atoms with Crippen LogP contribution in [0.2, 0.25) is 0 Å². The van der Waals surface area contributed by atoms with Crippen molar-refractivity contribution in [2.24, 2.45) is 0 Å². The maximum Gasteiger partial charge on any atom is 0.485 e. The van der Waals surface area contributed by atoms with Gasteiger partial charge in [0.15, 0.2) is 17.5 Å². The van der Waals surface area contributed by atoms with Gasteiger partial charge < -0.3 is 5.32 Å². The molecule has 0 aromatic heterocycles. The normalized spacial score (nSPS) is 11.2. The van der Waals surface area contributed by atoms with Crippen LogP contribution in [0.15, 0.2) is 12.1 Å². The highest BCUT2D eigenvalue weighted by Gasteiger charge is 2.30. The van der Waals surface area contributed by atoms with Crippen LogP contribution < -0.4 is 10.6 Å². The van der Waals surface area contributed by atoms with Gasteiger partial charge in [0.25, 0.3) is 0 Å². The van der Waals surface area contributed by atoms with E-state index in [1.54, 1.807) is 0 Å². The Balaban J connectivity index is 2.83. The van der Waals surface area contributed by atoms with Gasteiger partial charge in [-0.15, -0.1) is 0 Å². The van der Waals surface area contributed by atoms with Gasteiger partial charge in [-0.25, -0.2) is 23.3 Å². The predicted molar refractivity (Wildman–Crippen MR) is 44.5 cm³/mol. The van der Waals surface area contributed by atoms with Crippen LogP contribution in [0.3, 0.4) is 0 Å². The third-order valence-electron chi connectivity index (χ3n) is 1.54. The Morgan fingerprint density at radius 1 is 1.06 bits per heavy atom. The van der Waals surface area contributed by atoms with Crippen LogP contribution in [-0.2, 0) is 0 Å². The number of nitrogens with one attached hydrogen (secondary N) is 2. The molecule has 2 N–H and O–H groups in total. The summed E-state index contributed by atoms with van der Waals surface area (Å²) in [6, 6.07) is -0.770. The average Bonchev–Trinajstić information content (AvgIpc) is 2.16. The third-order valence-corrected chi connectivity index (χ3v) is 1.54. The van der Waals surface area contributed by atoms with Crippen LogP contribution in [0.5, 0.6) is 0 Å². The van der Waals surface area contributed by atoms with E-state index in [4.69, 9.17) is 0 Å². The molecule has 0 atom stereocenters. The summed E-state index contributed by atoms with van der Waals surface area (Å²) >= 11 is 0. The molecule has 0 bridgehead atoms. The number of hydrogen-bond acceptors (Lipinski definition) is 1. The summed E-state index contributed by atoms with van der Waals surface area (Å²) in [5.74, 6) is -5.21. The SMILES string of the molecule is O=C(Nc1ccc(F)c(F)c1F)NC(F)(F)F. The number of carbonyl (C=O) groups is 1. The van der Waals surface area contributed by atoms with Crippen molar-refractivity contribution in [2.75, 3.05) is 5.32 Å². The molecule has 1 rings (SSSR count). The Hall–Kier alpha value is -1.93. The van der Waals surface area contributed by atoms with Crippen molar-refractivity contribution in [2.45, 2.75) is 6.30 Å². The highest BCUT2D eigenvalue weighted by Crippen LogP contribution is 2.19. The van der Waals surface area contributed by atoms with Crippen molar-refractivity contribution in [1.82, 2.24) is 5.32 Å². The molecule has 0 saturated heterocycles. The van der Waals surface area contributed by atoms with Gasteiger partial charge in [-0.1, -0.05) is 0 Å². The zero-order valence-electron chi connectivity index (χ0n) is 7.83. The molecule has 0 unspecified atom stereocenters. The minimum Gasteiger partial charge on any atom is -0.305 e. The fourth-order valence-corrected chi connectivity index (χ4v) is 0.905. The van der Waals surface area contributed by atoms with Crippen molar-refractivity contribution in [1.29, 1.82) is 0 Å². The lowest BCUT2D eigenvalue weighted by Gasteiger charge is -2.10. The maximum absolute atomic E-state index is 12.9. The van der Waals surface area contributed by atoms with Crippen molar-refractivity contribution < 1.29 is 31.1 Å². The molecule has 0 aliphatic heterocycles. The van der Waals surface area contributed by atoms with Crippen LogP contribution in [0.4, 0.5) is 36.8 Å². The number of urea groups is 1. The van der Waals surface area contributed by atoms with Gasteiger partial charge in [0, 0.05) is 0 Å². The fourth-order valence-electron chi connectivity index (χ4n) is 0.905. The number of alkyl halides is 3. The predicted octanol–water partition coefficient (Wildman–Crippen LogP) is 2.75. The summed E-state index contributed by atoms with van der Waals surface area (Å²) < 4.78 is 73.0. The second-order valence-corrected chi connectivity index (χ2v) is 2.80. The Bertz CT molecular complexity index is 444. The molecule has 0 spiro atoms. The van der Waals surface area contributed by atoms with E-state index in [1.807, 2.05) is 0 Å². The molecule has 2 amide bonds. The Morgan fingerprint density at radius 2 is 1.65 bits per heavy atom. The molecular weight excluding hydrogens is 254 g/mol. The molecule has 0 saturated carbocycles. The number of amides is 2. The quantitative estimate of drug-likeness (QED) is 0.454. The zero-order valence-corrected chi connectivity index (χ0v) is 7.83. The number of rotatable bonds is 1. The van der Waals surface area contributed by atoms with Gasteiger partial charge in [0.1, 0.15) is 0 Å². The molecule has 1 aromatic rings. The second-order valence-electron chi connectivity index (χ2n) is 2.80. The molecule has 0 heterocycles. The van der Waals surface area contributed by atoms with E-state index < -0.39 is 35.5 Å². The highest BCUT2D eigenvalue weighted by atomic mass is 19.4. The first-order valence-corrected chi connectivity index (χ1v) is 4.00. The molecular formula is C8H4F6N2O. The van der Waals surface area contributed by atoms with E-state index >= 15 is 0 Å². The molecule has 9 heteroatoms. The summed E-state index contributed by atoms with van der Waals surface area (Å²) in [4.78, 5) is 10.7. The second kappa shape index (κ2) is 4.52. The van der Waals surface area contributed by atoms with E-state index in [2.05, 4.69) is 0 Å². The molecule has 0 fully saturated rings. The van der Waals surface area contributed by atoms with Gasteiger partial charge in [0.05, 0.1) is 5.69 Å². The lowest BCUT2D eigenvalue weighted by Crippen LogP contribution is -2.40. The molecule has 1 aromatic carbocycles. The van der Waals surface area contributed by atoms with Gasteiger partial charge in [0.2, 0.25) is 0 Å². The highest BCUT2D eigenvalue weighted by molar-refractivity contribution is 5.89. The summed E-state index contributed by atoms with van der Waals surface area (Å²) in [5, 5.41) is 1.88. The van der Waals surface area contributed by atoms with Crippen molar-refractivity contribution in [3.05, 3.63) is 29.6 Å². The first-order valence-electron chi connectivity index (χ1n) is 4.00. The summed E-state index contributed by atoms with van der Waals surface area (Å²) in [6.07, 6.45) is -5.01. The van der Waals surface area contributed by atoms with E-state index in [-0.39, 0.29) is 0 Å². The Kier molecular flexibility index (Phi) is 3.49. The molecule has 17 heavy (non-hydrogen) atoms. The lowest BCUT2D eigenvalue weighted by atomic mass is 10.3. The monoisotopic (exact) mass is 258 g/mol. The topological polar surface area (TPSA) is 41.1 Å². The number of anilines is 1. The number of carbonyl (C=O) groups excluding carboxylic acids is 1. The van der Waals surface area contributed by atoms with E-state index in [0.29, 0.717) is 17.4 Å². The number of benzene rings is 1. The number of hydrogen-bond donors (Lipinski definition) is 2. The minimum atomic E-state index is -5.01. The summed E-state index contributed by atoms with van der Waals surface area (Å²) in [6.45, 7) is 0. The number of halogens is 6. The molecule has 0 aliphatic carbocycles. The van der Waals surface area contributed by atoms with Crippen molar-refractivity contribution >= 4 is 11.7 Å². The van der Waals surface area contributed by atoms with Crippen LogP contribution in [0.25, 0.3) is 0 Å². The Labute approximate surface area is 90.4 Å². The van der Waals surface area contributed by atoms with Crippen molar-refractivity contribution in [3.8, 4) is 0 Å². The van der Waals surface area contributed by atoms with Crippen LogP contribution in [0.1, 0.15) is 0 Å². The van der Waals surface area contributed by atoms with E-state index in [9.17, 15) is 31.1 Å². The Morgan fingerprint density at radius 3 is 2.18 bits per heavy atom. The van der Waals surface area contributed by atoms with Gasteiger partial charge in [-0.2, -0.15) is 13.2 Å². The standard InChI is InChI=1S/C8H4F6N2O/c9-3-1-2-4(6(11)5(3)10)15-7(17)16-8(12,13)14/h1-2H,(H2,15,16,17). The summed E-state index contributed by atoms with van der Waals surface area (Å²) in [5.41, 5.74) is -0.911. The maximum atomic E-state index is 12.9.